The first kappa shape index (κ1) is 23.7. The lowest BCUT2D eigenvalue weighted by atomic mass is 10.2. The molecule has 0 radical (unpaired) electrons. The van der Waals surface area contributed by atoms with Crippen molar-refractivity contribution in [3.8, 4) is 6.01 Å². The number of hydrazone groups is 1. The van der Waals surface area contributed by atoms with Crippen LogP contribution >= 0.6 is 0 Å². The highest BCUT2D eigenvalue weighted by Gasteiger charge is 2.17. The Hall–Kier alpha value is -3.98. The van der Waals surface area contributed by atoms with Crippen LogP contribution in [0.5, 0.6) is 6.01 Å². The SMILES string of the molecule is CN(/N=C/c1c[nH]c2ccccc12)c1cc(N2CCOCC2)nc(OCCCC2=CCC=CC=N2)n1. The average Bonchev–Trinajstić information content (AvgIpc) is 3.15. The average molecular weight is 486 g/mol. The third-order valence-electron chi connectivity index (χ3n) is 6.10. The number of nitrogens with one attached hydrogen (secondary N) is 1. The fraction of sp³-hybridized carbons (Fsp3) is 0.333. The van der Waals surface area contributed by atoms with Gasteiger partial charge in [0.15, 0.2) is 5.82 Å². The summed E-state index contributed by atoms with van der Waals surface area (Å²) in [7, 11) is 1.88. The summed E-state index contributed by atoms with van der Waals surface area (Å²) in [5.41, 5.74) is 3.18. The van der Waals surface area contributed by atoms with Crippen LogP contribution in [0.15, 0.2) is 70.5 Å². The van der Waals surface area contributed by atoms with Crippen molar-refractivity contribution in [3.63, 3.8) is 0 Å². The molecule has 1 aromatic carbocycles. The second kappa shape index (κ2) is 11.6. The lowest BCUT2D eigenvalue weighted by Gasteiger charge is -2.28. The molecule has 0 unspecified atom stereocenters. The number of ether oxygens (including phenoxy) is 2. The first-order valence-electron chi connectivity index (χ1n) is 12.3. The molecule has 2 aromatic heterocycles. The number of rotatable bonds is 9. The molecular formula is C27H31N7O2. The fourth-order valence-corrected chi connectivity index (χ4v) is 4.11. The maximum Gasteiger partial charge on any atom is 0.320 e. The lowest BCUT2D eigenvalue weighted by molar-refractivity contribution is 0.122. The number of benzene rings is 1. The number of nitrogens with zero attached hydrogens (tertiary/aromatic N) is 6. The van der Waals surface area contributed by atoms with E-state index in [-0.39, 0.29) is 0 Å². The maximum atomic E-state index is 6.00. The van der Waals surface area contributed by atoms with Crippen LogP contribution in [0, 0.1) is 0 Å². The molecule has 1 fully saturated rings. The van der Waals surface area contributed by atoms with E-state index in [0.717, 1.165) is 60.3 Å². The highest BCUT2D eigenvalue weighted by Crippen LogP contribution is 2.24. The Morgan fingerprint density at radius 1 is 1.22 bits per heavy atom. The molecule has 0 atom stereocenters. The number of aromatic amines is 1. The highest BCUT2D eigenvalue weighted by molar-refractivity contribution is 5.99. The highest BCUT2D eigenvalue weighted by atomic mass is 16.5. The predicted octanol–water partition coefficient (Wildman–Crippen LogP) is 4.34. The number of anilines is 2. The van der Waals surface area contributed by atoms with Gasteiger partial charge in [0.1, 0.15) is 5.82 Å². The summed E-state index contributed by atoms with van der Waals surface area (Å²) in [5, 5.41) is 7.52. The van der Waals surface area contributed by atoms with E-state index in [9.17, 15) is 0 Å². The van der Waals surface area contributed by atoms with Gasteiger partial charge in [0.2, 0.25) is 0 Å². The largest absolute Gasteiger partial charge is 0.463 e. The minimum Gasteiger partial charge on any atom is -0.463 e. The van der Waals surface area contributed by atoms with Gasteiger partial charge in [-0.25, -0.2) is 0 Å². The zero-order chi connectivity index (χ0) is 24.6. The Balaban J connectivity index is 1.30. The van der Waals surface area contributed by atoms with Gasteiger partial charge in [-0.2, -0.15) is 15.1 Å². The van der Waals surface area contributed by atoms with E-state index in [1.165, 1.54) is 0 Å². The molecule has 1 N–H and O–H groups in total. The molecule has 0 saturated carbocycles. The van der Waals surface area contributed by atoms with Crippen LogP contribution in [-0.4, -0.2) is 67.3 Å². The Kier molecular flexibility index (Phi) is 7.67. The summed E-state index contributed by atoms with van der Waals surface area (Å²) in [6, 6.07) is 10.5. The van der Waals surface area contributed by atoms with Gasteiger partial charge in [0.05, 0.1) is 26.0 Å². The number of aliphatic imine (C=N–C) groups is 1. The summed E-state index contributed by atoms with van der Waals surface area (Å²) >= 11 is 0. The molecule has 9 nitrogen and oxygen atoms in total. The lowest BCUT2D eigenvalue weighted by Crippen LogP contribution is -2.37. The number of hydrogen-bond acceptors (Lipinski definition) is 8. The van der Waals surface area contributed by atoms with E-state index in [1.807, 2.05) is 49.9 Å². The smallest absolute Gasteiger partial charge is 0.320 e. The molecule has 1 saturated heterocycles. The van der Waals surface area contributed by atoms with Crippen molar-refractivity contribution in [2.75, 3.05) is 49.9 Å². The van der Waals surface area contributed by atoms with Gasteiger partial charge in [-0.3, -0.25) is 10.0 Å². The molecule has 0 bridgehead atoms. The second-order valence-electron chi connectivity index (χ2n) is 8.61. The molecule has 5 rings (SSSR count). The van der Waals surface area contributed by atoms with Gasteiger partial charge in [-0.1, -0.05) is 30.4 Å². The monoisotopic (exact) mass is 485 g/mol. The van der Waals surface area contributed by atoms with E-state index in [4.69, 9.17) is 9.47 Å². The van der Waals surface area contributed by atoms with Crippen molar-refractivity contribution in [1.29, 1.82) is 0 Å². The summed E-state index contributed by atoms with van der Waals surface area (Å²) in [4.78, 5) is 19.3. The van der Waals surface area contributed by atoms with Crippen molar-refractivity contribution >= 4 is 35.0 Å². The van der Waals surface area contributed by atoms with Gasteiger partial charge in [-0.05, 0) is 31.4 Å². The van der Waals surface area contributed by atoms with Crippen LogP contribution < -0.4 is 14.6 Å². The summed E-state index contributed by atoms with van der Waals surface area (Å²) < 4.78 is 11.5. The van der Waals surface area contributed by atoms with E-state index in [1.54, 1.807) is 5.01 Å². The number of para-hydroxylation sites is 1. The van der Waals surface area contributed by atoms with Crippen molar-refractivity contribution in [3.05, 3.63) is 66.0 Å². The zero-order valence-electron chi connectivity index (χ0n) is 20.5. The topological polar surface area (TPSA) is 91.2 Å². The minimum absolute atomic E-state index is 0.350. The number of H-pyrrole nitrogens is 1. The van der Waals surface area contributed by atoms with Crippen LogP contribution in [0.4, 0.5) is 11.6 Å². The van der Waals surface area contributed by atoms with Crippen LogP contribution in [0.1, 0.15) is 24.8 Å². The van der Waals surface area contributed by atoms with Crippen LogP contribution in [0.25, 0.3) is 10.9 Å². The molecule has 0 amide bonds. The molecule has 2 aliphatic rings. The third-order valence-corrected chi connectivity index (χ3v) is 6.10. The van der Waals surface area contributed by atoms with Crippen molar-refractivity contribution in [2.24, 2.45) is 10.1 Å². The van der Waals surface area contributed by atoms with Crippen LogP contribution in [0.2, 0.25) is 0 Å². The zero-order valence-corrected chi connectivity index (χ0v) is 20.5. The van der Waals surface area contributed by atoms with Gasteiger partial charge >= 0.3 is 6.01 Å². The summed E-state index contributed by atoms with van der Waals surface area (Å²) in [6.45, 7) is 3.41. The molecule has 2 aliphatic heterocycles. The first-order chi connectivity index (χ1) is 17.8. The van der Waals surface area contributed by atoms with Gasteiger partial charge < -0.3 is 19.4 Å². The predicted molar refractivity (Wildman–Crippen MR) is 144 cm³/mol. The summed E-state index contributed by atoms with van der Waals surface area (Å²) in [6.07, 6.45) is 14.4. The Morgan fingerprint density at radius 3 is 3.03 bits per heavy atom. The van der Waals surface area contributed by atoms with E-state index < -0.39 is 0 Å². The number of morpholine rings is 1. The minimum atomic E-state index is 0.350. The molecular weight excluding hydrogens is 454 g/mol. The molecule has 4 heterocycles. The van der Waals surface area contributed by atoms with Crippen molar-refractivity contribution in [1.82, 2.24) is 15.0 Å². The normalized spacial score (nSPS) is 15.9. The third kappa shape index (κ3) is 5.98. The van der Waals surface area contributed by atoms with E-state index in [0.29, 0.717) is 31.6 Å². The standard InChI is InChI=1S/C27H31N7O2/c1-33(30-20-21-19-29-24-11-5-4-10-23(21)24)25-18-26(34-13-16-35-17-14-34)32-27(31-25)36-15-7-9-22-8-3-2-6-12-28-22/h2,4-6,8,10-12,18-20,29H,3,7,9,13-17H2,1H3/b30-20+. The maximum absolute atomic E-state index is 6.00. The van der Waals surface area contributed by atoms with Gasteiger partial charge in [0, 0.05) is 60.8 Å². The van der Waals surface area contributed by atoms with Gasteiger partial charge in [0.25, 0.3) is 0 Å². The van der Waals surface area contributed by atoms with E-state index >= 15 is 0 Å². The van der Waals surface area contributed by atoms with Gasteiger partial charge in [-0.15, -0.1) is 0 Å². The Morgan fingerprint density at radius 2 is 2.11 bits per heavy atom. The molecule has 186 valence electrons. The van der Waals surface area contributed by atoms with Crippen molar-refractivity contribution < 1.29 is 9.47 Å². The van der Waals surface area contributed by atoms with Crippen molar-refractivity contribution in [2.45, 2.75) is 19.3 Å². The Labute approximate surface area is 210 Å². The molecule has 0 spiro atoms. The number of fused-ring (bicyclic) bond motifs is 1. The summed E-state index contributed by atoms with van der Waals surface area (Å²) in [5.74, 6) is 1.48. The molecule has 0 aliphatic carbocycles. The molecule has 9 heteroatoms. The molecule has 36 heavy (non-hydrogen) atoms. The van der Waals surface area contributed by atoms with Crippen LogP contribution in [0.3, 0.4) is 0 Å². The second-order valence-corrected chi connectivity index (χ2v) is 8.61. The number of allylic oxidation sites excluding steroid dienone is 4. The Bertz CT molecular complexity index is 1290. The quantitative estimate of drug-likeness (QED) is 0.275. The van der Waals surface area contributed by atoms with E-state index in [2.05, 4.69) is 54.2 Å². The number of aromatic nitrogens is 3. The number of hydrogen-bond donors (Lipinski definition) is 1. The van der Waals surface area contributed by atoms with Crippen LogP contribution in [-0.2, 0) is 4.74 Å². The fourth-order valence-electron chi connectivity index (χ4n) is 4.11. The molecule has 3 aromatic rings. The first-order valence-corrected chi connectivity index (χ1v) is 12.3.